The van der Waals surface area contributed by atoms with Crippen LogP contribution in [0.2, 0.25) is 0 Å². The van der Waals surface area contributed by atoms with E-state index in [0.29, 0.717) is 13.0 Å². The molecule has 4 heteroatoms. The summed E-state index contributed by atoms with van der Waals surface area (Å²) in [6.07, 6.45) is 2.49. The van der Waals surface area contributed by atoms with Gasteiger partial charge in [-0.25, -0.2) is 0 Å². The number of ether oxygens (including phenoxy) is 1. The molecule has 0 unspecified atom stereocenters. The Balaban J connectivity index is 2.28. The summed E-state index contributed by atoms with van der Waals surface area (Å²) in [6.45, 7) is 2.50. The Morgan fingerprint density at radius 2 is 2.21 bits per heavy atom. The number of carbonyl (C=O) groups is 2. The van der Waals surface area contributed by atoms with Gasteiger partial charge in [-0.2, -0.15) is 0 Å². The lowest BCUT2D eigenvalue weighted by atomic mass is 9.72. The maximum atomic E-state index is 11.5. The fourth-order valence-corrected chi connectivity index (χ4v) is 3.01. The predicted molar refractivity (Wildman–Crippen MR) is 59.1 cm³/mol. The van der Waals surface area contributed by atoms with Crippen molar-refractivity contribution in [1.82, 2.24) is 0 Å². The minimum Gasteiger partial charge on any atom is -0.377 e. The van der Waals surface area contributed by atoms with E-state index in [1.807, 2.05) is 13.0 Å². The van der Waals surface area contributed by atoms with Crippen LogP contribution in [0.1, 0.15) is 13.3 Å². The molecule has 0 aliphatic heterocycles. The van der Waals surface area contributed by atoms with Crippen LogP contribution in [0.5, 0.6) is 0 Å². The van der Waals surface area contributed by atoms with Crippen LogP contribution in [0, 0.1) is 11.8 Å². The van der Waals surface area contributed by atoms with Crippen molar-refractivity contribution in [3.63, 3.8) is 0 Å². The highest BCUT2D eigenvalue weighted by Gasteiger charge is 2.47. The SMILES string of the molecule is CCO[C@H]1C[C@@H]2C(=O)C(=O)[C@@H]1C=C2I. The Labute approximate surface area is 96.0 Å². The average Bonchev–Trinajstić information content (AvgIpc) is 2.16. The lowest BCUT2D eigenvalue weighted by molar-refractivity contribution is -0.148. The molecule has 0 aromatic rings. The molecule has 1 saturated carbocycles. The topological polar surface area (TPSA) is 43.4 Å². The number of rotatable bonds is 2. The van der Waals surface area contributed by atoms with E-state index < -0.39 is 0 Å². The number of ketones is 2. The molecule has 1 fully saturated rings. The molecule has 2 bridgehead atoms. The van der Waals surface area contributed by atoms with Crippen LogP contribution >= 0.6 is 22.6 Å². The predicted octanol–water partition coefficient (Wildman–Crippen LogP) is 1.50. The number of Topliss-reactive ketones (excluding diaryl/α,β-unsaturated/α-hetero) is 2. The highest BCUT2D eigenvalue weighted by molar-refractivity contribution is 14.1. The van der Waals surface area contributed by atoms with Crippen LogP contribution in [0.4, 0.5) is 0 Å². The van der Waals surface area contributed by atoms with E-state index in [-0.39, 0.29) is 29.5 Å². The molecule has 3 aliphatic rings. The fraction of sp³-hybridized carbons (Fsp3) is 0.600. The number of halogens is 1. The summed E-state index contributed by atoms with van der Waals surface area (Å²) in [6, 6.07) is 0. The van der Waals surface area contributed by atoms with E-state index >= 15 is 0 Å². The van der Waals surface area contributed by atoms with Crippen molar-refractivity contribution >= 4 is 34.2 Å². The third-order valence-corrected chi connectivity index (χ3v) is 3.89. The van der Waals surface area contributed by atoms with E-state index in [2.05, 4.69) is 22.6 Å². The van der Waals surface area contributed by atoms with Crippen LogP contribution in [0.3, 0.4) is 0 Å². The van der Waals surface area contributed by atoms with Gasteiger partial charge in [-0.05, 0) is 39.5 Å². The van der Waals surface area contributed by atoms with E-state index in [4.69, 9.17) is 4.74 Å². The summed E-state index contributed by atoms with van der Waals surface area (Å²) in [4.78, 5) is 23.0. The van der Waals surface area contributed by atoms with Crippen molar-refractivity contribution < 1.29 is 14.3 Å². The zero-order chi connectivity index (χ0) is 10.3. The molecule has 0 amide bonds. The van der Waals surface area contributed by atoms with Gasteiger partial charge < -0.3 is 4.74 Å². The Morgan fingerprint density at radius 3 is 2.86 bits per heavy atom. The second-order valence-electron chi connectivity index (χ2n) is 3.59. The van der Waals surface area contributed by atoms with Crippen LogP contribution in [-0.4, -0.2) is 24.3 Å². The molecule has 3 atom stereocenters. The first-order valence-electron chi connectivity index (χ1n) is 4.72. The first-order valence-corrected chi connectivity index (χ1v) is 5.80. The van der Waals surface area contributed by atoms with Gasteiger partial charge in [0.2, 0.25) is 11.6 Å². The third kappa shape index (κ3) is 1.44. The molecule has 0 spiro atoms. The quantitative estimate of drug-likeness (QED) is 0.573. The highest BCUT2D eigenvalue weighted by atomic mass is 127. The summed E-state index contributed by atoms with van der Waals surface area (Å²) in [5, 5.41) is 0. The number of hydrogen-bond acceptors (Lipinski definition) is 3. The van der Waals surface area contributed by atoms with Gasteiger partial charge >= 0.3 is 0 Å². The molecule has 3 aliphatic carbocycles. The maximum absolute atomic E-state index is 11.5. The van der Waals surface area contributed by atoms with Crippen molar-refractivity contribution in [2.24, 2.45) is 11.8 Å². The first kappa shape index (κ1) is 10.3. The van der Waals surface area contributed by atoms with Gasteiger partial charge in [0.15, 0.2) is 0 Å². The monoisotopic (exact) mass is 306 g/mol. The average molecular weight is 306 g/mol. The van der Waals surface area contributed by atoms with Gasteiger partial charge in [-0.15, -0.1) is 0 Å². The fourth-order valence-electron chi connectivity index (χ4n) is 2.09. The Bertz CT molecular complexity index is 321. The molecule has 0 aromatic carbocycles. The Morgan fingerprint density at radius 1 is 1.50 bits per heavy atom. The molecule has 14 heavy (non-hydrogen) atoms. The second kappa shape index (κ2) is 3.73. The summed E-state index contributed by atoms with van der Waals surface area (Å²) in [5.74, 6) is -1.03. The zero-order valence-corrected chi connectivity index (χ0v) is 9.98. The molecule has 76 valence electrons. The van der Waals surface area contributed by atoms with Crippen molar-refractivity contribution in [3.8, 4) is 0 Å². The maximum Gasteiger partial charge on any atom is 0.208 e. The number of allylic oxidation sites excluding steroid dienone is 1. The molecule has 0 saturated heterocycles. The number of fused-ring (bicyclic) bond motifs is 2. The largest absolute Gasteiger partial charge is 0.377 e. The van der Waals surface area contributed by atoms with Crippen molar-refractivity contribution in [2.75, 3.05) is 6.61 Å². The number of carbonyl (C=O) groups excluding carboxylic acids is 2. The van der Waals surface area contributed by atoms with Crippen molar-refractivity contribution in [3.05, 3.63) is 9.66 Å². The summed E-state index contributed by atoms with van der Waals surface area (Å²) < 4.78 is 6.47. The van der Waals surface area contributed by atoms with Gasteiger partial charge in [-0.3, -0.25) is 9.59 Å². The first-order chi connectivity index (χ1) is 6.65. The lowest BCUT2D eigenvalue weighted by Crippen LogP contribution is -2.48. The van der Waals surface area contributed by atoms with E-state index in [1.165, 1.54) is 0 Å². The van der Waals surface area contributed by atoms with Gasteiger partial charge in [-0.1, -0.05) is 6.08 Å². The molecule has 3 nitrogen and oxygen atoms in total. The van der Waals surface area contributed by atoms with Crippen molar-refractivity contribution in [1.29, 1.82) is 0 Å². The molecular formula is C10H11IO3. The summed E-state index contributed by atoms with van der Waals surface area (Å²) >= 11 is 2.15. The van der Waals surface area contributed by atoms with E-state index in [9.17, 15) is 9.59 Å². The molecule has 0 N–H and O–H groups in total. The van der Waals surface area contributed by atoms with Gasteiger partial charge in [0.05, 0.1) is 17.9 Å². The van der Waals surface area contributed by atoms with Gasteiger partial charge in [0.25, 0.3) is 0 Å². The molecule has 0 heterocycles. The molecule has 0 radical (unpaired) electrons. The standard InChI is InChI=1S/C10H11IO3/c1-2-14-8-4-5-7(11)3-6(8)10(13)9(5)12/h3,5-6,8H,2,4H2,1H3/t5-,6+,8-/m0/s1. The Kier molecular flexibility index (Phi) is 2.74. The van der Waals surface area contributed by atoms with E-state index in [1.54, 1.807) is 0 Å². The van der Waals surface area contributed by atoms with Crippen LogP contribution in [-0.2, 0) is 14.3 Å². The Hall–Kier alpha value is -0.230. The summed E-state index contributed by atoms with van der Waals surface area (Å²) in [7, 11) is 0. The van der Waals surface area contributed by atoms with Gasteiger partial charge in [0, 0.05) is 6.61 Å². The molecule has 3 rings (SSSR count). The van der Waals surface area contributed by atoms with E-state index in [0.717, 1.165) is 3.58 Å². The van der Waals surface area contributed by atoms with Crippen LogP contribution in [0.25, 0.3) is 0 Å². The van der Waals surface area contributed by atoms with Crippen molar-refractivity contribution in [2.45, 2.75) is 19.4 Å². The summed E-state index contributed by atoms with van der Waals surface area (Å²) in [5.41, 5.74) is 0. The second-order valence-corrected chi connectivity index (χ2v) is 4.83. The van der Waals surface area contributed by atoms with Crippen LogP contribution in [0.15, 0.2) is 9.66 Å². The molecule has 0 aromatic heterocycles. The minimum absolute atomic E-state index is 0.0753. The number of hydrogen-bond donors (Lipinski definition) is 0. The molecular weight excluding hydrogens is 295 g/mol. The third-order valence-electron chi connectivity index (χ3n) is 2.78. The lowest BCUT2D eigenvalue weighted by Gasteiger charge is -2.37. The normalized spacial score (nSPS) is 36.1. The highest BCUT2D eigenvalue weighted by Crippen LogP contribution is 2.40. The zero-order valence-electron chi connectivity index (χ0n) is 7.83. The minimum atomic E-state index is -0.320. The smallest absolute Gasteiger partial charge is 0.208 e. The van der Waals surface area contributed by atoms with Crippen LogP contribution < -0.4 is 0 Å². The van der Waals surface area contributed by atoms with Gasteiger partial charge in [0.1, 0.15) is 0 Å².